The lowest BCUT2D eigenvalue weighted by atomic mass is 10.1. The fourth-order valence-corrected chi connectivity index (χ4v) is 1.88. The van der Waals surface area contributed by atoms with Crippen molar-refractivity contribution in [2.45, 2.75) is 38.3 Å². The summed E-state index contributed by atoms with van der Waals surface area (Å²) >= 11 is 0. The van der Waals surface area contributed by atoms with Crippen molar-refractivity contribution in [3.8, 4) is 5.75 Å². The minimum Gasteiger partial charge on any atom is -0.494 e. The van der Waals surface area contributed by atoms with Crippen LogP contribution in [-0.2, 0) is 0 Å². The number of nitrogens with two attached hydrogens (primary N) is 1. The van der Waals surface area contributed by atoms with Crippen molar-refractivity contribution in [1.29, 1.82) is 0 Å². The van der Waals surface area contributed by atoms with Crippen LogP contribution in [-0.4, -0.2) is 19.2 Å². The van der Waals surface area contributed by atoms with E-state index in [1.54, 1.807) is 0 Å². The molecule has 1 fully saturated rings. The number of nitrogens with one attached hydrogen (secondary N) is 1. The van der Waals surface area contributed by atoms with Crippen LogP contribution in [0.1, 0.15) is 37.8 Å². The summed E-state index contributed by atoms with van der Waals surface area (Å²) in [6.07, 6.45) is 3.59. The molecule has 2 rings (SSSR count). The third-order valence-corrected chi connectivity index (χ3v) is 2.98. The Morgan fingerprint density at radius 1 is 1.47 bits per heavy atom. The molecule has 0 amide bonds. The van der Waals surface area contributed by atoms with Crippen LogP contribution in [0.2, 0.25) is 0 Å². The first-order valence-corrected chi connectivity index (χ1v) is 6.52. The summed E-state index contributed by atoms with van der Waals surface area (Å²) in [5, 5.41) is 3.56. The molecule has 1 atom stereocenters. The molecule has 1 aliphatic carbocycles. The van der Waals surface area contributed by atoms with Crippen LogP contribution in [0.5, 0.6) is 5.75 Å². The fraction of sp³-hybridized carbons (Fsp3) is 0.571. The molecule has 3 heteroatoms. The molecule has 1 aliphatic rings. The summed E-state index contributed by atoms with van der Waals surface area (Å²) in [4.78, 5) is 0. The second-order valence-electron chi connectivity index (χ2n) is 4.65. The Morgan fingerprint density at radius 2 is 2.29 bits per heavy atom. The maximum Gasteiger partial charge on any atom is 0.119 e. The van der Waals surface area contributed by atoms with Gasteiger partial charge in [-0.3, -0.25) is 0 Å². The summed E-state index contributed by atoms with van der Waals surface area (Å²) in [5.41, 5.74) is 7.06. The molecule has 0 aliphatic heterocycles. The van der Waals surface area contributed by atoms with Crippen molar-refractivity contribution in [2.75, 3.05) is 13.2 Å². The van der Waals surface area contributed by atoms with Gasteiger partial charge in [-0.25, -0.2) is 0 Å². The summed E-state index contributed by atoms with van der Waals surface area (Å²) in [6, 6.07) is 9.19. The maximum atomic E-state index is 5.83. The highest BCUT2D eigenvalue weighted by Gasteiger charge is 2.24. The molecule has 94 valence electrons. The molecule has 3 N–H and O–H groups in total. The molecule has 3 nitrogen and oxygen atoms in total. The molecule has 17 heavy (non-hydrogen) atoms. The molecule has 0 radical (unpaired) electrons. The Morgan fingerprint density at radius 3 is 2.94 bits per heavy atom. The molecule has 0 aromatic heterocycles. The monoisotopic (exact) mass is 234 g/mol. The average molecular weight is 234 g/mol. The second-order valence-corrected chi connectivity index (χ2v) is 4.65. The molecule has 0 spiro atoms. The highest BCUT2D eigenvalue weighted by atomic mass is 16.5. The van der Waals surface area contributed by atoms with E-state index >= 15 is 0 Å². The van der Waals surface area contributed by atoms with E-state index in [1.807, 2.05) is 12.1 Å². The first-order valence-electron chi connectivity index (χ1n) is 6.52. The first kappa shape index (κ1) is 12.4. The van der Waals surface area contributed by atoms with Gasteiger partial charge in [0.1, 0.15) is 5.75 Å². The SMILES string of the molecule is CCCOc1cccc(C(CN)NC2CC2)c1. The summed E-state index contributed by atoms with van der Waals surface area (Å²) in [5.74, 6) is 0.945. The summed E-state index contributed by atoms with van der Waals surface area (Å²) in [6.45, 7) is 3.52. The Kier molecular flexibility index (Phi) is 4.40. The minimum absolute atomic E-state index is 0.257. The van der Waals surface area contributed by atoms with E-state index in [1.165, 1.54) is 18.4 Å². The predicted molar refractivity (Wildman–Crippen MR) is 70.2 cm³/mol. The van der Waals surface area contributed by atoms with Gasteiger partial charge in [0.05, 0.1) is 6.61 Å². The zero-order chi connectivity index (χ0) is 12.1. The van der Waals surface area contributed by atoms with Gasteiger partial charge in [-0.15, -0.1) is 0 Å². The number of benzene rings is 1. The lowest BCUT2D eigenvalue weighted by Crippen LogP contribution is -2.29. The van der Waals surface area contributed by atoms with Crippen LogP contribution >= 0.6 is 0 Å². The smallest absolute Gasteiger partial charge is 0.119 e. The van der Waals surface area contributed by atoms with Crippen LogP contribution in [0.3, 0.4) is 0 Å². The van der Waals surface area contributed by atoms with E-state index in [9.17, 15) is 0 Å². The molecule has 0 heterocycles. The van der Waals surface area contributed by atoms with Crippen LogP contribution < -0.4 is 15.8 Å². The van der Waals surface area contributed by atoms with E-state index in [-0.39, 0.29) is 6.04 Å². The first-order chi connectivity index (χ1) is 8.33. The molecular weight excluding hydrogens is 212 g/mol. The Bertz CT molecular complexity index is 350. The van der Waals surface area contributed by atoms with E-state index in [2.05, 4.69) is 24.4 Å². The topological polar surface area (TPSA) is 47.3 Å². The third-order valence-electron chi connectivity index (χ3n) is 2.98. The van der Waals surface area contributed by atoms with Crippen molar-refractivity contribution in [3.63, 3.8) is 0 Å². The molecule has 1 unspecified atom stereocenters. The Balaban J connectivity index is 2.01. The quantitative estimate of drug-likeness (QED) is 0.760. The van der Waals surface area contributed by atoms with Gasteiger partial charge in [0.2, 0.25) is 0 Å². The number of ether oxygens (including phenoxy) is 1. The van der Waals surface area contributed by atoms with Crippen molar-refractivity contribution < 1.29 is 4.74 Å². The van der Waals surface area contributed by atoms with Crippen LogP contribution in [0.4, 0.5) is 0 Å². The third kappa shape index (κ3) is 3.72. The van der Waals surface area contributed by atoms with E-state index in [0.717, 1.165) is 18.8 Å². The fourth-order valence-electron chi connectivity index (χ4n) is 1.88. The van der Waals surface area contributed by atoms with Gasteiger partial charge in [0, 0.05) is 18.6 Å². The van der Waals surface area contributed by atoms with Gasteiger partial charge in [0.15, 0.2) is 0 Å². The van der Waals surface area contributed by atoms with Gasteiger partial charge in [-0.2, -0.15) is 0 Å². The zero-order valence-corrected chi connectivity index (χ0v) is 10.5. The highest BCUT2D eigenvalue weighted by molar-refractivity contribution is 5.31. The van der Waals surface area contributed by atoms with Crippen LogP contribution in [0.25, 0.3) is 0 Å². The van der Waals surface area contributed by atoms with Gasteiger partial charge in [-0.05, 0) is 37.0 Å². The standard InChI is InChI=1S/C14H22N2O/c1-2-8-17-13-5-3-4-11(9-13)14(10-15)16-12-6-7-12/h3-5,9,12,14,16H,2,6-8,10,15H2,1H3. The van der Waals surface area contributed by atoms with Gasteiger partial charge in [-0.1, -0.05) is 19.1 Å². The minimum atomic E-state index is 0.257. The average Bonchev–Trinajstić information content (AvgIpc) is 3.18. The van der Waals surface area contributed by atoms with Crippen molar-refractivity contribution in [3.05, 3.63) is 29.8 Å². The van der Waals surface area contributed by atoms with E-state index < -0.39 is 0 Å². The predicted octanol–water partition coefficient (Wildman–Crippen LogP) is 2.23. The maximum absolute atomic E-state index is 5.83. The van der Waals surface area contributed by atoms with Crippen LogP contribution in [0, 0.1) is 0 Å². The lowest BCUT2D eigenvalue weighted by molar-refractivity contribution is 0.316. The lowest BCUT2D eigenvalue weighted by Gasteiger charge is -2.17. The largest absolute Gasteiger partial charge is 0.494 e. The highest BCUT2D eigenvalue weighted by Crippen LogP contribution is 2.25. The van der Waals surface area contributed by atoms with Gasteiger partial charge < -0.3 is 15.8 Å². The number of hydrogen-bond acceptors (Lipinski definition) is 3. The van der Waals surface area contributed by atoms with E-state index in [4.69, 9.17) is 10.5 Å². The van der Waals surface area contributed by atoms with Crippen molar-refractivity contribution in [1.82, 2.24) is 5.32 Å². The normalized spacial score (nSPS) is 16.8. The summed E-state index contributed by atoms with van der Waals surface area (Å²) < 4.78 is 5.64. The Hall–Kier alpha value is -1.06. The van der Waals surface area contributed by atoms with Crippen molar-refractivity contribution >= 4 is 0 Å². The molecule has 1 aromatic rings. The molecule has 1 saturated carbocycles. The van der Waals surface area contributed by atoms with Gasteiger partial charge >= 0.3 is 0 Å². The van der Waals surface area contributed by atoms with E-state index in [0.29, 0.717) is 12.6 Å². The summed E-state index contributed by atoms with van der Waals surface area (Å²) in [7, 11) is 0. The number of rotatable bonds is 7. The Labute approximate surface area is 103 Å². The van der Waals surface area contributed by atoms with Crippen LogP contribution in [0.15, 0.2) is 24.3 Å². The number of hydrogen-bond donors (Lipinski definition) is 2. The van der Waals surface area contributed by atoms with Gasteiger partial charge in [0.25, 0.3) is 0 Å². The van der Waals surface area contributed by atoms with Crippen molar-refractivity contribution in [2.24, 2.45) is 5.73 Å². The molecule has 0 bridgehead atoms. The molecule has 1 aromatic carbocycles. The molecular formula is C14H22N2O. The second kappa shape index (κ2) is 6.03. The zero-order valence-electron chi connectivity index (χ0n) is 10.5. The molecule has 0 saturated heterocycles.